The Balaban J connectivity index is 2.04. The molecule has 1 amide bonds. The summed E-state index contributed by atoms with van der Waals surface area (Å²) >= 11 is 0. The fourth-order valence-corrected chi connectivity index (χ4v) is 2.26. The Morgan fingerprint density at radius 2 is 1.96 bits per heavy atom. The molecular weight excluding hydrogens is 348 g/mol. The number of methoxy groups -OCH3 is 1. The maximum absolute atomic E-state index is 12.3. The number of hydrogen-bond acceptors (Lipinski definition) is 6. The minimum absolute atomic E-state index is 0.237. The van der Waals surface area contributed by atoms with Crippen LogP contribution in [0.1, 0.15) is 29.8 Å². The molecule has 0 fully saturated rings. The van der Waals surface area contributed by atoms with Gasteiger partial charge in [0.2, 0.25) is 0 Å². The van der Waals surface area contributed by atoms with E-state index in [-0.39, 0.29) is 5.56 Å². The molecule has 2 rings (SSSR count). The number of nitriles is 1. The van der Waals surface area contributed by atoms with Crippen molar-refractivity contribution in [3.8, 4) is 17.6 Å². The van der Waals surface area contributed by atoms with Crippen molar-refractivity contribution in [2.45, 2.75) is 20.0 Å². The van der Waals surface area contributed by atoms with Crippen LogP contribution in [0.4, 0.5) is 5.69 Å². The molecule has 0 aliphatic carbocycles. The van der Waals surface area contributed by atoms with E-state index in [1.807, 2.05) is 13.0 Å². The van der Waals surface area contributed by atoms with Crippen LogP contribution < -0.4 is 14.8 Å². The highest BCUT2D eigenvalue weighted by Gasteiger charge is 2.20. The third-order valence-electron chi connectivity index (χ3n) is 3.61. The van der Waals surface area contributed by atoms with E-state index >= 15 is 0 Å². The van der Waals surface area contributed by atoms with Gasteiger partial charge < -0.3 is 19.5 Å². The van der Waals surface area contributed by atoms with Crippen molar-refractivity contribution in [2.75, 3.05) is 19.0 Å². The molecule has 2 aromatic carbocycles. The first kappa shape index (κ1) is 19.8. The van der Waals surface area contributed by atoms with E-state index < -0.39 is 18.0 Å². The minimum Gasteiger partial charge on any atom is -0.493 e. The molecule has 7 nitrogen and oxygen atoms in total. The lowest BCUT2D eigenvalue weighted by molar-refractivity contribution is -0.123. The summed E-state index contributed by atoms with van der Waals surface area (Å²) in [5.41, 5.74) is 1.10. The molecule has 0 spiro atoms. The largest absolute Gasteiger partial charge is 0.493 e. The number of anilines is 1. The second-order valence-electron chi connectivity index (χ2n) is 5.53. The van der Waals surface area contributed by atoms with Crippen molar-refractivity contribution < 1.29 is 23.8 Å². The molecule has 0 aliphatic rings. The number of benzene rings is 2. The predicted molar refractivity (Wildman–Crippen MR) is 98.8 cm³/mol. The number of amides is 1. The number of hydrogen-bond donors (Lipinski definition) is 1. The molecule has 0 heterocycles. The van der Waals surface area contributed by atoms with Gasteiger partial charge in [-0.15, -0.1) is 0 Å². The van der Waals surface area contributed by atoms with Gasteiger partial charge in [-0.2, -0.15) is 5.26 Å². The van der Waals surface area contributed by atoms with E-state index in [9.17, 15) is 9.59 Å². The summed E-state index contributed by atoms with van der Waals surface area (Å²) in [6.45, 7) is 3.77. The number of rotatable bonds is 7. The Bertz CT molecular complexity index is 873. The summed E-state index contributed by atoms with van der Waals surface area (Å²) in [6.07, 6.45) is -1.03. The molecule has 140 valence electrons. The smallest absolute Gasteiger partial charge is 0.339 e. The zero-order valence-electron chi connectivity index (χ0n) is 15.3. The Hall–Kier alpha value is -3.53. The van der Waals surface area contributed by atoms with Crippen LogP contribution in [-0.2, 0) is 9.53 Å². The SMILES string of the molecule is CCOc1ccc(C(=O)O[C@H](C)C(=O)Nc2cccc(C#N)c2)cc1OC. The third-order valence-corrected chi connectivity index (χ3v) is 3.61. The first-order chi connectivity index (χ1) is 13.0. The van der Waals surface area contributed by atoms with Gasteiger partial charge in [0.25, 0.3) is 5.91 Å². The maximum Gasteiger partial charge on any atom is 0.339 e. The highest BCUT2D eigenvalue weighted by Crippen LogP contribution is 2.28. The normalized spacial score (nSPS) is 11.0. The second-order valence-corrected chi connectivity index (χ2v) is 5.53. The quantitative estimate of drug-likeness (QED) is 0.754. The minimum atomic E-state index is -1.03. The molecule has 0 saturated carbocycles. The summed E-state index contributed by atoms with van der Waals surface area (Å²) in [4.78, 5) is 24.5. The van der Waals surface area contributed by atoms with Gasteiger partial charge >= 0.3 is 5.97 Å². The van der Waals surface area contributed by atoms with Crippen LogP contribution in [0, 0.1) is 11.3 Å². The van der Waals surface area contributed by atoms with Crippen molar-refractivity contribution >= 4 is 17.6 Å². The average Bonchev–Trinajstić information content (AvgIpc) is 2.68. The number of nitrogens with one attached hydrogen (secondary N) is 1. The lowest BCUT2D eigenvalue weighted by Crippen LogP contribution is -2.30. The average molecular weight is 368 g/mol. The maximum atomic E-state index is 12.3. The van der Waals surface area contributed by atoms with Gasteiger partial charge in [0.05, 0.1) is 30.9 Å². The van der Waals surface area contributed by atoms with Gasteiger partial charge in [-0.05, 0) is 50.2 Å². The predicted octanol–water partition coefficient (Wildman–Crippen LogP) is 3.15. The molecule has 7 heteroatoms. The van der Waals surface area contributed by atoms with Crippen molar-refractivity contribution in [3.63, 3.8) is 0 Å². The van der Waals surface area contributed by atoms with Crippen molar-refractivity contribution in [2.24, 2.45) is 0 Å². The van der Waals surface area contributed by atoms with E-state index in [1.54, 1.807) is 24.3 Å². The first-order valence-electron chi connectivity index (χ1n) is 8.31. The van der Waals surface area contributed by atoms with Crippen LogP contribution in [0.5, 0.6) is 11.5 Å². The highest BCUT2D eigenvalue weighted by molar-refractivity contribution is 5.97. The van der Waals surface area contributed by atoms with Gasteiger partial charge in [-0.25, -0.2) is 4.79 Å². The Kier molecular flexibility index (Phi) is 6.78. The molecule has 1 N–H and O–H groups in total. The van der Waals surface area contributed by atoms with Crippen LogP contribution in [0.3, 0.4) is 0 Å². The summed E-state index contributed by atoms with van der Waals surface area (Å²) < 4.78 is 15.8. The van der Waals surface area contributed by atoms with E-state index in [0.29, 0.717) is 29.4 Å². The van der Waals surface area contributed by atoms with Crippen molar-refractivity contribution in [1.82, 2.24) is 0 Å². The standard InChI is InChI=1S/C20H20N2O5/c1-4-26-17-9-8-15(11-18(17)25-3)20(24)27-13(2)19(23)22-16-7-5-6-14(10-16)12-21/h5-11,13H,4H2,1-3H3,(H,22,23)/t13-/m1/s1. The molecule has 0 saturated heterocycles. The van der Waals surface area contributed by atoms with Crippen LogP contribution in [0.2, 0.25) is 0 Å². The fourth-order valence-electron chi connectivity index (χ4n) is 2.26. The molecular formula is C20H20N2O5. The topological polar surface area (TPSA) is 97.6 Å². The number of carbonyl (C=O) groups is 2. The van der Waals surface area contributed by atoms with E-state index in [2.05, 4.69) is 5.32 Å². The zero-order chi connectivity index (χ0) is 19.8. The second kappa shape index (κ2) is 9.25. The number of ether oxygens (including phenoxy) is 3. The van der Waals surface area contributed by atoms with E-state index in [4.69, 9.17) is 19.5 Å². The van der Waals surface area contributed by atoms with E-state index in [0.717, 1.165) is 0 Å². The molecule has 0 aromatic heterocycles. The van der Waals surface area contributed by atoms with E-state index in [1.165, 1.54) is 32.2 Å². The lowest BCUT2D eigenvalue weighted by Gasteiger charge is -2.15. The molecule has 1 atom stereocenters. The third kappa shape index (κ3) is 5.22. The monoisotopic (exact) mass is 368 g/mol. The molecule has 0 aliphatic heterocycles. The number of carbonyl (C=O) groups excluding carboxylic acids is 2. The molecule has 0 unspecified atom stereocenters. The first-order valence-corrected chi connectivity index (χ1v) is 8.31. The Labute approximate surface area is 157 Å². The molecule has 2 aromatic rings. The summed E-state index contributed by atoms with van der Waals surface area (Å²) in [5.74, 6) is -0.252. The summed E-state index contributed by atoms with van der Waals surface area (Å²) in [5, 5.41) is 11.5. The van der Waals surface area contributed by atoms with Crippen molar-refractivity contribution in [1.29, 1.82) is 5.26 Å². The van der Waals surface area contributed by atoms with Gasteiger partial charge in [0, 0.05) is 5.69 Å². The van der Waals surface area contributed by atoms with Crippen LogP contribution in [0.25, 0.3) is 0 Å². The van der Waals surface area contributed by atoms with Crippen LogP contribution in [0.15, 0.2) is 42.5 Å². The van der Waals surface area contributed by atoms with Gasteiger partial charge in [0.1, 0.15) is 0 Å². The zero-order valence-corrected chi connectivity index (χ0v) is 15.3. The number of nitrogens with zero attached hydrogens (tertiary/aromatic N) is 1. The van der Waals surface area contributed by atoms with Crippen molar-refractivity contribution in [3.05, 3.63) is 53.6 Å². The van der Waals surface area contributed by atoms with Crippen LogP contribution in [-0.4, -0.2) is 31.7 Å². The Morgan fingerprint density at radius 1 is 1.19 bits per heavy atom. The lowest BCUT2D eigenvalue weighted by atomic mass is 10.2. The summed E-state index contributed by atoms with van der Waals surface area (Å²) in [7, 11) is 1.47. The van der Waals surface area contributed by atoms with Gasteiger partial charge in [-0.1, -0.05) is 6.07 Å². The summed E-state index contributed by atoms with van der Waals surface area (Å²) in [6, 6.07) is 13.1. The highest BCUT2D eigenvalue weighted by atomic mass is 16.5. The number of esters is 1. The van der Waals surface area contributed by atoms with Gasteiger partial charge in [-0.3, -0.25) is 4.79 Å². The van der Waals surface area contributed by atoms with Gasteiger partial charge in [0.15, 0.2) is 17.6 Å². The van der Waals surface area contributed by atoms with Crippen LogP contribution >= 0.6 is 0 Å². The Morgan fingerprint density at radius 3 is 2.63 bits per heavy atom. The molecule has 0 bridgehead atoms. The molecule has 0 radical (unpaired) electrons. The molecule has 27 heavy (non-hydrogen) atoms. The fraction of sp³-hybridized carbons (Fsp3) is 0.250.